The summed E-state index contributed by atoms with van der Waals surface area (Å²) in [5.41, 5.74) is 7.95. The van der Waals surface area contributed by atoms with Crippen molar-refractivity contribution in [2.24, 2.45) is 5.73 Å². The summed E-state index contributed by atoms with van der Waals surface area (Å²) in [5.74, 6) is -1.68. The molecule has 0 saturated heterocycles. The zero-order chi connectivity index (χ0) is 18.8. The molecule has 0 fully saturated rings. The van der Waals surface area contributed by atoms with Crippen LogP contribution in [-0.4, -0.2) is 32.4 Å². The van der Waals surface area contributed by atoms with Crippen molar-refractivity contribution in [1.82, 2.24) is 4.72 Å². The average Bonchev–Trinajstić information content (AvgIpc) is 2.44. The molecule has 0 aliphatic carbocycles. The van der Waals surface area contributed by atoms with Gasteiger partial charge >= 0.3 is 5.97 Å². The van der Waals surface area contributed by atoms with Gasteiger partial charge in [-0.2, -0.15) is 4.72 Å². The van der Waals surface area contributed by atoms with Crippen molar-refractivity contribution < 1.29 is 22.7 Å². The largest absolute Gasteiger partial charge is 0.451 e. The van der Waals surface area contributed by atoms with Crippen molar-refractivity contribution in [3.63, 3.8) is 0 Å². The molecular formula is C16H24N2O5S. The van der Waals surface area contributed by atoms with E-state index in [4.69, 9.17) is 10.5 Å². The zero-order valence-corrected chi connectivity index (χ0v) is 15.6. The number of nitrogens with two attached hydrogens (primary N) is 1. The molecule has 0 heterocycles. The number of primary amides is 1. The Kier molecular flexibility index (Phi) is 6.13. The van der Waals surface area contributed by atoms with Crippen LogP contribution in [0.25, 0.3) is 0 Å². The molecule has 0 aliphatic rings. The first-order valence-electron chi connectivity index (χ1n) is 7.48. The molecule has 1 rings (SSSR count). The van der Waals surface area contributed by atoms with Gasteiger partial charge in [0.2, 0.25) is 10.0 Å². The summed E-state index contributed by atoms with van der Waals surface area (Å²) in [6.07, 6.45) is -1.13. The molecule has 1 amide bonds. The average molecular weight is 356 g/mol. The fourth-order valence-corrected chi connectivity index (χ4v) is 4.07. The van der Waals surface area contributed by atoms with Crippen molar-refractivity contribution in [1.29, 1.82) is 0 Å². The van der Waals surface area contributed by atoms with E-state index in [1.807, 2.05) is 19.9 Å². The number of ether oxygens (including phenoxy) is 1. The molecule has 0 aromatic heterocycles. The van der Waals surface area contributed by atoms with Crippen molar-refractivity contribution in [2.45, 2.75) is 58.6 Å². The van der Waals surface area contributed by atoms with Crippen molar-refractivity contribution in [2.75, 3.05) is 0 Å². The summed E-state index contributed by atoms with van der Waals surface area (Å²) in [4.78, 5) is 23.0. The van der Waals surface area contributed by atoms with Crippen LogP contribution in [0.3, 0.4) is 0 Å². The molecule has 0 unspecified atom stereocenters. The van der Waals surface area contributed by atoms with Crippen LogP contribution < -0.4 is 10.5 Å². The number of esters is 1. The monoisotopic (exact) mass is 356 g/mol. The molecule has 7 nitrogen and oxygen atoms in total. The van der Waals surface area contributed by atoms with Gasteiger partial charge < -0.3 is 10.5 Å². The molecule has 0 saturated carbocycles. The molecule has 0 bridgehead atoms. The van der Waals surface area contributed by atoms with Crippen LogP contribution in [0.1, 0.15) is 36.1 Å². The van der Waals surface area contributed by atoms with Crippen LogP contribution >= 0.6 is 0 Å². The summed E-state index contributed by atoms with van der Waals surface area (Å²) < 4.78 is 32.5. The molecule has 1 aromatic carbocycles. The normalized spacial score (nSPS) is 14.1. The molecular weight excluding hydrogens is 332 g/mol. The topological polar surface area (TPSA) is 116 Å². The highest BCUT2D eigenvalue weighted by molar-refractivity contribution is 7.89. The second kappa shape index (κ2) is 7.31. The molecule has 2 atom stereocenters. The Bertz CT molecular complexity index is 745. The lowest BCUT2D eigenvalue weighted by Crippen LogP contribution is -2.42. The lowest BCUT2D eigenvalue weighted by Gasteiger charge is -2.19. The lowest BCUT2D eigenvalue weighted by atomic mass is 10.0. The predicted molar refractivity (Wildman–Crippen MR) is 89.9 cm³/mol. The van der Waals surface area contributed by atoms with E-state index in [9.17, 15) is 18.0 Å². The standard InChI is InChI=1S/C16H24N2O5S/c1-8-7-9(2)11(4)14(10(8)3)24(21,22)18-12(5)16(20)23-13(6)15(17)19/h7,12-13,18H,1-6H3,(H2,17,19)/t12-,13+/m0/s1. The van der Waals surface area contributed by atoms with E-state index in [2.05, 4.69) is 4.72 Å². The van der Waals surface area contributed by atoms with Gasteiger partial charge in [0.1, 0.15) is 6.04 Å². The number of sulfonamides is 1. The molecule has 0 aliphatic heterocycles. The van der Waals surface area contributed by atoms with Gasteiger partial charge in [-0.05, 0) is 63.8 Å². The van der Waals surface area contributed by atoms with Crippen LogP contribution in [0.15, 0.2) is 11.0 Å². The molecule has 3 N–H and O–H groups in total. The quantitative estimate of drug-likeness (QED) is 0.738. The number of nitrogens with one attached hydrogen (secondary N) is 1. The van der Waals surface area contributed by atoms with Crippen LogP contribution in [0.2, 0.25) is 0 Å². The van der Waals surface area contributed by atoms with Crippen LogP contribution in [0.5, 0.6) is 0 Å². The summed E-state index contributed by atoms with van der Waals surface area (Å²) in [6.45, 7) is 9.75. The SMILES string of the molecule is Cc1cc(C)c(C)c(S(=O)(=O)N[C@@H](C)C(=O)O[C@H](C)C(N)=O)c1C. The Morgan fingerprint density at radius 2 is 1.54 bits per heavy atom. The van der Waals surface area contributed by atoms with Crippen LogP contribution in [0.4, 0.5) is 0 Å². The molecule has 134 valence electrons. The molecule has 24 heavy (non-hydrogen) atoms. The molecule has 1 aromatic rings. The van der Waals surface area contributed by atoms with E-state index < -0.39 is 34.0 Å². The molecule has 0 spiro atoms. The summed E-state index contributed by atoms with van der Waals surface area (Å²) in [5, 5.41) is 0. The maximum atomic E-state index is 12.7. The number of rotatable bonds is 6. The van der Waals surface area contributed by atoms with Gasteiger partial charge in [0.15, 0.2) is 6.10 Å². The highest BCUT2D eigenvalue weighted by Crippen LogP contribution is 2.26. The Hall–Kier alpha value is -1.93. The van der Waals surface area contributed by atoms with Gasteiger partial charge in [0, 0.05) is 0 Å². The van der Waals surface area contributed by atoms with Crippen molar-refractivity contribution in [3.8, 4) is 0 Å². The van der Waals surface area contributed by atoms with E-state index in [0.717, 1.165) is 11.1 Å². The van der Waals surface area contributed by atoms with E-state index in [1.54, 1.807) is 13.8 Å². The molecule has 8 heteroatoms. The number of amides is 1. The van der Waals surface area contributed by atoms with Gasteiger partial charge in [-0.25, -0.2) is 8.42 Å². The zero-order valence-electron chi connectivity index (χ0n) is 14.8. The van der Waals surface area contributed by atoms with Crippen molar-refractivity contribution >= 4 is 21.9 Å². The maximum Gasteiger partial charge on any atom is 0.324 e. The Morgan fingerprint density at radius 3 is 1.96 bits per heavy atom. The van der Waals surface area contributed by atoms with E-state index in [0.29, 0.717) is 11.1 Å². The van der Waals surface area contributed by atoms with Crippen LogP contribution in [0, 0.1) is 27.7 Å². The fourth-order valence-electron chi connectivity index (χ4n) is 2.26. The first-order valence-corrected chi connectivity index (χ1v) is 8.96. The minimum absolute atomic E-state index is 0.155. The van der Waals surface area contributed by atoms with Gasteiger partial charge in [-0.1, -0.05) is 6.07 Å². The third-order valence-corrected chi connectivity index (χ3v) is 5.76. The number of carbonyl (C=O) groups is 2. The summed E-state index contributed by atoms with van der Waals surface area (Å²) in [7, 11) is -3.93. The van der Waals surface area contributed by atoms with Gasteiger partial charge in [0.25, 0.3) is 5.91 Å². The van der Waals surface area contributed by atoms with Crippen molar-refractivity contribution in [3.05, 3.63) is 28.3 Å². The Balaban J connectivity index is 3.11. The smallest absolute Gasteiger partial charge is 0.324 e. The highest BCUT2D eigenvalue weighted by atomic mass is 32.2. The highest BCUT2D eigenvalue weighted by Gasteiger charge is 2.28. The number of benzene rings is 1. The van der Waals surface area contributed by atoms with E-state index >= 15 is 0 Å². The number of carbonyl (C=O) groups excluding carboxylic acids is 2. The second-order valence-corrected chi connectivity index (χ2v) is 7.56. The van der Waals surface area contributed by atoms with Gasteiger partial charge in [-0.15, -0.1) is 0 Å². The van der Waals surface area contributed by atoms with E-state index in [1.165, 1.54) is 13.8 Å². The van der Waals surface area contributed by atoms with Gasteiger partial charge in [-0.3, -0.25) is 9.59 Å². The summed E-state index contributed by atoms with van der Waals surface area (Å²) >= 11 is 0. The second-order valence-electron chi connectivity index (χ2n) is 5.91. The lowest BCUT2D eigenvalue weighted by molar-refractivity contribution is -0.155. The predicted octanol–water partition coefficient (Wildman–Crippen LogP) is 1.00. The first kappa shape index (κ1) is 20.1. The first-order chi connectivity index (χ1) is 10.9. The van der Waals surface area contributed by atoms with Gasteiger partial charge in [0.05, 0.1) is 4.90 Å². The number of hydrogen-bond donors (Lipinski definition) is 2. The number of hydrogen-bond acceptors (Lipinski definition) is 5. The van der Waals surface area contributed by atoms with Crippen LogP contribution in [-0.2, 0) is 24.3 Å². The number of aryl methyl sites for hydroxylation is 2. The van der Waals surface area contributed by atoms with E-state index in [-0.39, 0.29) is 4.90 Å². The fraction of sp³-hybridized carbons (Fsp3) is 0.500. The molecule has 0 radical (unpaired) electrons. The third-order valence-electron chi connectivity index (χ3n) is 3.95. The summed E-state index contributed by atoms with van der Waals surface area (Å²) in [6, 6.07) is 0.757. The minimum atomic E-state index is -3.93. The minimum Gasteiger partial charge on any atom is -0.451 e. The maximum absolute atomic E-state index is 12.7. The third kappa shape index (κ3) is 4.33. The Labute approximate surface area is 142 Å². The Morgan fingerprint density at radius 1 is 1.08 bits per heavy atom.